The monoisotopic (exact) mass is 185 g/mol. The van der Waals surface area contributed by atoms with Crippen molar-refractivity contribution in [3.05, 3.63) is 12.7 Å². The number of rotatable bonds is 3. The van der Waals surface area contributed by atoms with Crippen molar-refractivity contribution in [2.24, 2.45) is 0 Å². The van der Waals surface area contributed by atoms with Crippen LogP contribution in [0.15, 0.2) is 12.7 Å². The molecular formula is C9H15NO3. The van der Waals surface area contributed by atoms with Crippen LogP contribution in [0.3, 0.4) is 0 Å². The number of carbonyl (C=O) groups excluding carboxylic acids is 1. The molecule has 1 unspecified atom stereocenters. The van der Waals surface area contributed by atoms with Crippen LogP contribution < -0.4 is 0 Å². The fourth-order valence-electron chi connectivity index (χ4n) is 1.31. The number of methoxy groups -OCH3 is 1. The summed E-state index contributed by atoms with van der Waals surface area (Å²) in [5.41, 5.74) is 0. The molecule has 0 aliphatic carbocycles. The van der Waals surface area contributed by atoms with Crippen molar-refractivity contribution >= 4 is 6.09 Å². The predicted molar refractivity (Wildman–Crippen MR) is 48.5 cm³/mol. The first-order chi connectivity index (χ1) is 6.27. The van der Waals surface area contributed by atoms with E-state index in [-0.39, 0.29) is 18.8 Å². The number of likely N-dealkylation sites (tertiary alicyclic amines) is 1. The van der Waals surface area contributed by atoms with Crippen molar-refractivity contribution in [1.29, 1.82) is 0 Å². The van der Waals surface area contributed by atoms with Gasteiger partial charge in [-0.25, -0.2) is 4.79 Å². The van der Waals surface area contributed by atoms with E-state index in [9.17, 15) is 4.79 Å². The van der Waals surface area contributed by atoms with Crippen LogP contribution in [-0.2, 0) is 9.47 Å². The molecule has 1 aliphatic rings. The number of nitrogens with zero attached hydrogens (tertiary/aromatic N) is 1. The van der Waals surface area contributed by atoms with E-state index in [1.165, 1.54) is 0 Å². The van der Waals surface area contributed by atoms with E-state index in [1.807, 2.05) is 0 Å². The van der Waals surface area contributed by atoms with Gasteiger partial charge < -0.3 is 14.4 Å². The summed E-state index contributed by atoms with van der Waals surface area (Å²) in [6.07, 6.45) is 2.33. The minimum absolute atomic E-state index is 0.163. The lowest BCUT2D eigenvalue weighted by atomic mass is 10.3. The Hall–Kier alpha value is -1.03. The number of hydrogen-bond donors (Lipinski definition) is 0. The van der Waals surface area contributed by atoms with Crippen molar-refractivity contribution in [1.82, 2.24) is 4.90 Å². The molecule has 74 valence electrons. The standard InChI is InChI=1S/C9H15NO3/c1-3-6-13-9(11)10-5-4-8(7-10)12-2/h3,8H,1,4-7H2,2H3. The molecule has 0 saturated carbocycles. The molecule has 1 fully saturated rings. The minimum atomic E-state index is -0.278. The second kappa shape index (κ2) is 4.87. The van der Waals surface area contributed by atoms with Crippen LogP contribution in [0.25, 0.3) is 0 Å². The fourth-order valence-corrected chi connectivity index (χ4v) is 1.31. The fraction of sp³-hybridized carbons (Fsp3) is 0.667. The molecule has 1 saturated heterocycles. The maximum atomic E-state index is 11.3. The highest BCUT2D eigenvalue weighted by molar-refractivity contribution is 5.68. The Morgan fingerprint density at radius 2 is 2.54 bits per heavy atom. The summed E-state index contributed by atoms with van der Waals surface area (Å²) in [5.74, 6) is 0. The molecule has 13 heavy (non-hydrogen) atoms. The lowest BCUT2D eigenvalue weighted by molar-refractivity contribution is 0.0931. The molecule has 1 aliphatic heterocycles. The van der Waals surface area contributed by atoms with E-state index in [0.717, 1.165) is 6.42 Å². The van der Waals surface area contributed by atoms with E-state index in [4.69, 9.17) is 9.47 Å². The summed E-state index contributed by atoms with van der Waals surface area (Å²) in [6, 6.07) is 0. The van der Waals surface area contributed by atoms with Gasteiger partial charge in [-0.15, -0.1) is 0 Å². The molecule has 0 bridgehead atoms. The molecular weight excluding hydrogens is 170 g/mol. The van der Waals surface area contributed by atoms with Gasteiger partial charge in [0.15, 0.2) is 0 Å². The van der Waals surface area contributed by atoms with Gasteiger partial charge >= 0.3 is 6.09 Å². The first-order valence-electron chi connectivity index (χ1n) is 4.33. The molecule has 0 aromatic rings. The van der Waals surface area contributed by atoms with Crippen LogP contribution in [0.5, 0.6) is 0 Å². The maximum absolute atomic E-state index is 11.3. The van der Waals surface area contributed by atoms with E-state index < -0.39 is 0 Å². The molecule has 1 atom stereocenters. The van der Waals surface area contributed by atoms with Gasteiger partial charge in [0.05, 0.1) is 12.6 Å². The first-order valence-corrected chi connectivity index (χ1v) is 4.33. The van der Waals surface area contributed by atoms with Gasteiger partial charge in [0.1, 0.15) is 6.61 Å². The average Bonchev–Trinajstić information content (AvgIpc) is 2.62. The Balaban J connectivity index is 2.28. The Morgan fingerprint density at radius 3 is 3.08 bits per heavy atom. The molecule has 0 radical (unpaired) electrons. The van der Waals surface area contributed by atoms with Crippen LogP contribution in [-0.4, -0.2) is 43.9 Å². The molecule has 0 N–H and O–H groups in total. The molecule has 0 aromatic carbocycles. The number of hydrogen-bond acceptors (Lipinski definition) is 3. The van der Waals surface area contributed by atoms with Crippen molar-refractivity contribution in [2.45, 2.75) is 12.5 Å². The molecule has 4 nitrogen and oxygen atoms in total. The van der Waals surface area contributed by atoms with Gasteiger partial charge in [-0.1, -0.05) is 12.7 Å². The summed E-state index contributed by atoms with van der Waals surface area (Å²) in [6.45, 7) is 5.09. The van der Waals surface area contributed by atoms with E-state index in [2.05, 4.69) is 6.58 Å². The van der Waals surface area contributed by atoms with Crippen LogP contribution >= 0.6 is 0 Å². The van der Waals surface area contributed by atoms with Crippen LogP contribution in [0.4, 0.5) is 4.79 Å². The van der Waals surface area contributed by atoms with Crippen molar-refractivity contribution in [2.75, 3.05) is 26.8 Å². The summed E-state index contributed by atoms with van der Waals surface area (Å²) in [4.78, 5) is 12.9. The number of ether oxygens (including phenoxy) is 2. The Morgan fingerprint density at radius 1 is 1.77 bits per heavy atom. The minimum Gasteiger partial charge on any atom is -0.445 e. The number of amides is 1. The zero-order chi connectivity index (χ0) is 9.68. The summed E-state index contributed by atoms with van der Waals surface area (Å²) in [7, 11) is 1.66. The van der Waals surface area contributed by atoms with E-state index >= 15 is 0 Å². The third-order valence-corrected chi connectivity index (χ3v) is 2.06. The van der Waals surface area contributed by atoms with Crippen molar-refractivity contribution < 1.29 is 14.3 Å². The molecule has 0 spiro atoms. The summed E-state index contributed by atoms with van der Waals surface area (Å²) >= 11 is 0. The smallest absolute Gasteiger partial charge is 0.410 e. The topological polar surface area (TPSA) is 38.8 Å². The largest absolute Gasteiger partial charge is 0.445 e. The van der Waals surface area contributed by atoms with Gasteiger partial charge in [0.25, 0.3) is 0 Å². The Labute approximate surface area is 78.1 Å². The van der Waals surface area contributed by atoms with Crippen LogP contribution in [0.2, 0.25) is 0 Å². The summed E-state index contributed by atoms with van der Waals surface area (Å²) < 4.78 is 10.0. The normalized spacial score (nSPS) is 21.6. The lowest BCUT2D eigenvalue weighted by Gasteiger charge is -2.14. The predicted octanol–water partition coefficient (Wildman–Crippen LogP) is 1.03. The first kappa shape index (κ1) is 10.1. The molecule has 1 amide bonds. The third-order valence-electron chi connectivity index (χ3n) is 2.06. The molecule has 4 heteroatoms. The molecule has 1 rings (SSSR count). The average molecular weight is 185 g/mol. The second-order valence-electron chi connectivity index (χ2n) is 2.96. The quantitative estimate of drug-likeness (QED) is 0.616. The Kier molecular flexibility index (Phi) is 3.76. The van der Waals surface area contributed by atoms with Crippen LogP contribution in [0.1, 0.15) is 6.42 Å². The highest BCUT2D eigenvalue weighted by Gasteiger charge is 2.26. The molecule has 0 aromatic heterocycles. The number of carbonyl (C=O) groups is 1. The zero-order valence-electron chi connectivity index (χ0n) is 7.86. The zero-order valence-corrected chi connectivity index (χ0v) is 7.86. The van der Waals surface area contributed by atoms with E-state index in [0.29, 0.717) is 13.1 Å². The summed E-state index contributed by atoms with van der Waals surface area (Å²) in [5, 5.41) is 0. The highest BCUT2D eigenvalue weighted by Crippen LogP contribution is 2.12. The lowest BCUT2D eigenvalue weighted by Crippen LogP contribution is -2.30. The van der Waals surface area contributed by atoms with Gasteiger partial charge in [-0.05, 0) is 6.42 Å². The van der Waals surface area contributed by atoms with Gasteiger partial charge in [0, 0.05) is 13.7 Å². The SMILES string of the molecule is C=CCOC(=O)N1CCC(OC)C1. The second-order valence-corrected chi connectivity index (χ2v) is 2.96. The third kappa shape index (κ3) is 2.73. The van der Waals surface area contributed by atoms with Crippen molar-refractivity contribution in [3.63, 3.8) is 0 Å². The van der Waals surface area contributed by atoms with Gasteiger partial charge in [-0.3, -0.25) is 0 Å². The van der Waals surface area contributed by atoms with Gasteiger partial charge in [0.2, 0.25) is 0 Å². The maximum Gasteiger partial charge on any atom is 0.410 e. The Bertz CT molecular complexity index is 193. The van der Waals surface area contributed by atoms with Crippen LogP contribution in [0, 0.1) is 0 Å². The highest BCUT2D eigenvalue weighted by atomic mass is 16.6. The molecule has 1 heterocycles. The van der Waals surface area contributed by atoms with Crippen molar-refractivity contribution in [3.8, 4) is 0 Å². The van der Waals surface area contributed by atoms with E-state index in [1.54, 1.807) is 18.1 Å². The van der Waals surface area contributed by atoms with Gasteiger partial charge in [-0.2, -0.15) is 0 Å².